The predicted molar refractivity (Wildman–Crippen MR) is 78.4 cm³/mol. The minimum absolute atomic E-state index is 0.186. The van der Waals surface area contributed by atoms with Crippen LogP contribution in [0.4, 0.5) is 4.79 Å². The number of hydrogen-bond donors (Lipinski definition) is 1. The lowest BCUT2D eigenvalue weighted by Crippen LogP contribution is -2.51. The molecule has 0 radical (unpaired) electrons. The molecule has 4 atom stereocenters. The van der Waals surface area contributed by atoms with Gasteiger partial charge in [-0.05, 0) is 44.4 Å². The van der Waals surface area contributed by atoms with Gasteiger partial charge in [0, 0.05) is 31.6 Å². The van der Waals surface area contributed by atoms with Crippen molar-refractivity contribution in [3.8, 4) is 0 Å². The molecule has 2 saturated heterocycles. The normalized spacial score (nSPS) is 38.5. The SMILES string of the molecule is CC1CCCN(C(=O)N2CCCC2C2CCCC2O)C1. The average molecular weight is 280 g/mol. The molecule has 4 nitrogen and oxygen atoms in total. The molecule has 0 aromatic heterocycles. The van der Waals surface area contributed by atoms with Gasteiger partial charge in [-0.25, -0.2) is 4.79 Å². The molecule has 0 bridgehead atoms. The summed E-state index contributed by atoms with van der Waals surface area (Å²) < 4.78 is 0. The molecular weight excluding hydrogens is 252 g/mol. The molecule has 1 aliphatic carbocycles. The second-order valence-corrected chi connectivity index (χ2v) is 7.04. The smallest absolute Gasteiger partial charge is 0.320 e. The summed E-state index contributed by atoms with van der Waals surface area (Å²) in [7, 11) is 0. The van der Waals surface area contributed by atoms with Crippen LogP contribution in [0.5, 0.6) is 0 Å². The molecule has 0 aromatic carbocycles. The van der Waals surface area contributed by atoms with Crippen molar-refractivity contribution in [3.63, 3.8) is 0 Å². The fourth-order valence-corrected chi connectivity index (χ4v) is 4.44. The Morgan fingerprint density at radius 2 is 1.85 bits per heavy atom. The van der Waals surface area contributed by atoms with E-state index in [0.717, 1.165) is 58.2 Å². The zero-order valence-corrected chi connectivity index (χ0v) is 12.6. The summed E-state index contributed by atoms with van der Waals surface area (Å²) in [5, 5.41) is 10.1. The summed E-state index contributed by atoms with van der Waals surface area (Å²) in [6.07, 6.45) is 7.50. The van der Waals surface area contributed by atoms with Crippen LogP contribution in [-0.4, -0.2) is 52.7 Å². The van der Waals surface area contributed by atoms with Crippen molar-refractivity contribution in [3.05, 3.63) is 0 Å². The average Bonchev–Trinajstić information content (AvgIpc) is 3.06. The van der Waals surface area contributed by atoms with Crippen LogP contribution >= 0.6 is 0 Å². The largest absolute Gasteiger partial charge is 0.393 e. The van der Waals surface area contributed by atoms with Gasteiger partial charge in [-0.2, -0.15) is 0 Å². The van der Waals surface area contributed by atoms with Gasteiger partial charge in [0.1, 0.15) is 0 Å². The monoisotopic (exact) mass is 280 g/mol. The summed E-state index contributed by atoms with van der Waals surface area (Å²) in [4.78, 5) is 16.9. The van der Waals surface area contributed by atoms with Crippen LogP contribution in [0.25, 0.3) is 0 Å². The molecule has 3 fully saturated rings. The van der Waals surface area contributed by atoms with Crippen molar-refractivity contribution in [2.75, 3.05) is 19.6 Å². The van der Waals surface area contributed by atoms with Crippen LogP contribution in [0.15, 0.2) is 0 Å². The summed E-state index contributed by atoms with van der Waals surface area (Å²) >= 11 is 0. The number of nitrogens with zero attached hydrogens (tertiary/aromatic N) is 2. The van der Waals surface area contributed by atoms with Crippen LogP contribution in [-0.2, 0) is 0 Å². The Labute approximate surface area is 122 Å². The Morgan fingerprint density at radius 3 is 2.55 bits per heavy atom. The minimum Gasteiger partial charge on any atom is -0.393 e. The van der Waals surface area contributed by atoms with Gasteiger partial charge < -0.3 is 14.9 Å². The Kier molecular flexibility index (Phi) is 4.20. The zero-order valence-electron chi connectivity index (χ0n) is 12.6. The van der Waals surface area contributed by atoms with E-state index in [4.69, 9.17) is 0 Å². The molecule has 0 aromatic rings. The molecule has 2 aliphatic heterocycles. The van der Waals surface area contributed by atoms with Gasteiger partial charge in [0.25, 0.3) is 0 Å². The number of hydrogen-bond acceptors (Lipinski definition) is 2. The maximum atomic E-state index is 12.8. The summed E-state index contributed by atoms with van der Waals surface area (Å²) in [6, 6.07) is 0.524. The van der Waals surface area contributed by atoms with E-state index < -0.39 is 0 Å². The summed E-state index contributed by atoms with van der Waals surface area (Å²) in [5.74, 6) is 0.953. The molecule has 2 amide bonds. The number of urea groups is 1. The van der Waals surface area contributed by atoms with Crippen molar-refractivity contribution in [2.24, 2.45) is 11.8 Å². The van der Waals surface area contributed by atoms with Gasteiger partial charge in [0.2, 0.25) is 0 Å². The highest BCUT2D eigenvalue weighted by atomic mass is 16.3. The van der Waals surface area contributed by atoms with E-state index in [1.54, 1.807) is 0 Å². The van der Waals surface area contributed by atoms with E-state index >= 15 is 0 Å². The predicted octanol–water partition coefficient (Wildman–Crippen LogP) is 2.46. The van der Waals surface area contributed by atoms with E-state index in [1.165, 1.54) is 6.42 Å². The number of piperidine rings is 1. The molecule has 1 saturated carbocycles. The standard InChI is InChI=1S/C16H28N2O2/c1-12-5-3-9-17(11-12)16(20)18-10-4-7-14(18)13-6-2-8-15(13)19/h12-15,19H,2-11H2,1H3. The number of likely N-dealkylation sites (tertiary alicyclic amines) is 2. The first kappa shape index (κ1) is 14.2. The summed E-state index contributed by atoms with van der Waals surface area (Å²) in [5.41, 5.74) is 0. The first-order valence-corrected chi connectivity index (χ1v) is 8.40. The maximum absolute atomic E-state index is 12.8. The minimum atomic E-state index is -0.186. The molecule has 0 spiro atoms. The highest BCUT2D eigenvalue weighted by Gasteiger charge is 2.41. The number of amides is 2. The Bertz CT molecular complexity index is 360. The van der Waals surface area contributed by atoms with E-state index in [2.05, 4.69) is 11.8 Å². The fourth-order valence-electron chi connectivity index (χ4n) is 4.44. The molecule has 3 rings (SSSR count). The van der Waals surface area contributed by atoms with Gasteiger partial charge in [-0.15, -0.1) is 0 Å². The quantitative estimate of drug-likeness (QED) is 0.802. The topological polar surface area (TPSA) is 43.8 Å². The lowest BCUT2D eigenvalue weighted by atomic mass is 9.94. The maximum Gasteiger partial charge on any atom is 0.320 e. The van der Waals surface area contributed by atoms with E-state index in [9.17, 15) is 9.90 Å². The van der Waals surface area contributed by atoms with E-state index in [-0.39, 0.29) is 18.2 Å². The Hall–Kier alpha value is -0.770. The number of aliphatic hydroxyl groups is 1. The van der Waals surface area contributed by atoms with Crippen LogP contribution < -0.4 is 0 Å². The lowest BCUT2D eigenvalue weighted by Gasteiger charge is -2.38. The van der Waals surface area contributed by atoms with Crippen molar-refractivity contribution < 1.29 is 9.90 Å². The summed E-state index contributed by atoms with van der Waals surface area (Å²) in [6.45, 7) is 4.95. The first-order chi connectivity index (χ1) is 9.66. The van der Waals surface area contributed by atoms with Crippen LogP contribution in [0, 0.1) is 11.8 Å². The second kappa shape index (κ2) is 5.92. The number of carbonyl (C=O) groups is 1. The van der Waals surface area contributed by atoms with E-state index in [0.29, 0.717) is 11.8 Å². The number of rotatable bonds is 1. The molecule has 4 unspecified atom stereocenters. The highest BCUT2D eigenvalue weighted by Crippen LogP contribution is 2.36. The third-order valence-electron chi connectivity index (χ3n) is 5.50. The number of aliphatic hydroxyl groups excluding tert-OH is 1. The Morgan fingerprint density at radius 1 is 1.05 bits per heavy atom. The van der Waals surface area contributed by atoms with E-state index in [1.807, 2.05) is 4.90 Å². The van der Waals surface area contributed by atoms with Crippen LogP contribution in [0.1, 0.15) is 51.9 Å². The molecule has 3 aliphatic rings. The fraction of sp³-hybridized carbons (Fsp3) is 0.938. The molecule has 114 valence electrons. The van der Waals surface area contributed by atoms with Crippen molar-refractivity contribution in [1.82, 2.24) is 9.80 Å². The van der Waals surface area contributed by atoms with Gasteiger partial charge in [0.15, 0.2) is 0 Å². The first-order valence-electron chi connectivity index (χ1n) is 8.40. The molecule has 2 heterocycles. The molecular formula is C16H28N2O2. The van der Waals surface area contributed by atoms with Gasteiger partial charge in [-0.3, -0.25) is 0 Å². The third-order valence-corrected chi connectivity index (χ3v) is 5.50. The van der Waals surface area contributed by atoms with Crippen molar-refractivity contribution in [2.45, 2.75) is 64.0 Å². The van der Waals surface area contributed by atoms with Gasteiger partial charge >= 0.3 is 6.03 Å². The Balaban J connectivity index is 1.66. The second-order valence-electron chi connectivity index (χ2n) is 7.04. The van der Waals surface area contributed by atoms with Gasteiger partial charge in [0.05, 0.1) is 6.10 Å². The van der Waals surface area contributed by atoms with Gasteiger partial charge in [-0.1, -0.05) is 13.3 Å². The van der Waals surface area contributed by atoms with Crippen LogP contribution in [0.3, 0.4) is 0 Å². The zero-order chi connectivity index (χ0) is 14.1. The molecule has 1 N–H and O–H groups in total. The van der Waals surface area contributed by atoms with Crippen LogP contribution in [0.2, 0.25) is 0 Å². The number of carbonyl (C=O) groups excluding carboxylic acids is 1. The van der Waals surface area contributed by atoms with Crippen molar-refractivity contribution in [1.29, 1.82) is 0 Å². The highest BCUT2D eigenvalue weighted by molar-refractivity contribution is 5.75. The van der Waals surface area contributed by atoms with Crippen molar-refractivity contribution >= 4 is 6.03 Å². The third kappa shape index (κ3) is 2.67. The lowest BCUT2D eigenvalue weighted by molar-refractivity contribution is 0.0701. The molecule has 20 heavy (non-hydrogen) atoms. The molecule has 4 heteroatoms.